The molecule has 3 aromatic rings. The van der Waals surface area contributed by atoms with Crippen LogP contribution in [0.3, 0.4) is 0 Å². The second-order valence-corrected chi connectivity index (χ2v) is 10.6. The Labute approximate surface area is 211 Å². The minimum atomic E-state index is -0.0403. The first kappa shape index (κ1) is 22.7. The highest BCUT2D eigenvalue weighted by Crippen LogP contribution is 2.40. The van der Waals surface area contributed by atoms with Gasteiger partial charge in [-0.3, -0.25) is 9.69 Å². The second kappa shape index (κ2) is 10.0. The lowest BCUT2D eigenvalue weighted by molar-refractivity contribution is -0.124. The number of hydrogen-bond donors (Lipinski definition) is 0. The molecule has 1 amide bonds. The normalized spacial score (nSPS) is 19.7. The Hall–Kier alpha value is -2.12. The minimum Gasteiger partial charge on any atom is -0.283 e. The first-order chi connectivity index (χ1) is 16.1. The summed E-state index contributed by atoms with van der Waals surface area (Å²) >= 11 is 15.6. The van der Waals surface area contributed by atoms with Gasteiger partial charge >= 0.3 is 0 Å². The van der Waals surface area contributed by atoms with Crippen molar-refractivity contribution >= 4 is 68.6 Å². The van der Waals surface area contributed by atoms with Gasteiger partial charge in [0.15, 0.2) is 5.17 Å². The molecule has 1 aliphatic heterocycles. The molecule has 1 saturated heterocycles. The van der Waals surface area contributed by atoms with E-state index in [-0.39, 0.29) is 11.9 Å². The molecule has 8 heteroatoms. The smallest absolute Gasteiger partial charge is 0.267 e. The highest BCUT2D eigenvalue weighted by Gasteiger charge is 2.39. The van der Waals surface area contributed by atoms with Crippen LogP contribution in [0.2, 0.25) is 10.0 Å². The van der Waals surface area contributed by atoms with Crippen molar-refractivity contribution in [3.8, 4) is 11.3 Å². The number of thioether (sulfide) groups is 1. The van der Waals surface area contributed by atoms with E-state index in [0.29, 0.717) is 30.8 Å². The summed E-state index contributed by atoms with van der Waals surface area (Å²) in [7, 11) is 0. The largest absolute Gasteiger partial charge is 0.283 e. The Morgan fingerprint density at radius 2 is 1.73 bits per heavy atom. The van der Waals surface area contributed by atoms with Crippen LogP contribution in [-0.2, 0) is 4.79 Å². The molecule has 1 saturated carbocycles. The Morgan fingerprint density at radius 3 is 2.45 bits per heavy atom. The van der Waals surface area contributed by atoms with Gasteiger partial charge in [-0.1, -0.05) is 78.9 Å². The number of aromatic nitrogens is 1. The molecule has 2 heterocycles. The topological polar surface area (TPSA) is 45.6 Å². The average molecular weight is 515 g/mol. The fourth-order valence-electron chi connectivity index (χ4n) is 4.14. The SMILES string of the molecule is O=C1/C(=C/c2c(Cl)cccc2Cl)S/C(=N/c2nc(-c3ccccc3)cs2)N1C1CCCCC1. The van der Waals surface area contributed by atoms with Crippen LogP contribution in [0, 0.1) is 0 Å². The van der Waals surface area contributed by atoms with Crippen LogP contribution in [-0.4, -0.2) is 27.0 Å². The summed E-state index contributed by atoms with van der Waals surface area (Å²) in [5.41, 5.74) is 2.59. The summed E-state index contributed by atoms with van der Waals surface area (Å²) in [5, 5.41) is 4.36. The lowest BCUT2D eigenvalue weighted by atomic mass is 9.94. The van der Waals surface area contributed by atoms with Crippen LogP contribution in [0.5, 0.6) is 0 Å². The van der Waals surface area contributed by atoms with Gasteiger partial charge in [-0.25, -0.2) is 4.98 Å². The van der Waals surface area contributed by atoms with E-state index in [4.69, 9.17) is 33.2 Å². The van der Waals surface area contributed by atoms with Gasteiger partial charge in [0.25, 0.3) is 5.91 Å². The zero-order chi connectivity index (χ0) is 22.8. The maximum atomic E-state index is 13.5. The van der Waals surface area contributed by atoms with E-state index in [9.17, 15) is 4.79 Å². The van der Waals surface area contributed by atoms with Gasteiger partial charge in [0, 0.05) is 32.6 Å². The lowest BCUT2D eigenvalue weighted by Gasteiger charge is -2.30. The van der Waals surface area contributed by atoms with Gasteiger partial charge in [-0.15, -0.1) is 11.3 Å². The number of amidine groups is 1. The number of hydrogen-bond acceptors (Lipinski definition) is 5. The van der Waals surface area contributed by atoms with Crippen LogP contribution in [0.4, 0.5) is 5.13 Å². The number of halogens is 2. The molecule has 0 bridgehead atoms. The lowest BCUT2D eigenvalue weighted by Crippen LogP contribution is -2.40. The molecule has 2 aromatic carbocycles. The van der Waals surface area contributed by atoms with Crippen molar-refractivity contribution in [1.82, 2.24) is 9.88 Å². The van der Waals surface area contributed by atoms with Crippen LogP contribution < -0.4 is 0 Å². The number of aliphatic imine (C=N–C) groups is 1. The van der Waals surface area contributed by atoms with Crippen LogP contribution in [0.25, 0.3) is 17.3 Å². The quantitative estimate of drug-likeness (QED) is 0.331. The summed E-state index contributed by atoms with van der Waals surface area (Å²) in [6.45, 7) is 0. The molecule has 33 heavy (non-hydrogen) atoms. The molecule has 0 unspecified atom stereocenters. The number of carbonyl (C=O) groups is 1. The maximum absolute atomic E-state index is 13.5. The zero-order valence-electron chi connectivity index (χ0n) is 17.7. The minimum absolute atomic E-state index is 0.0403. The third-order valence-electron chi connectivity index (χ3n) is 5.80. The number of amides is 1. The Bertz CT molecular complexity index is 1210. The van der Waals surface area contributed by atoms with Crippen LogP contribution in [0.15, 0.2) is 63.8 Å². The highest BCUT2D eigenvalue weighted by molar-refractivity contribution is 8.18. The van der Waals surface area contributed by atoms with Crippen molar-refractivity contribution in [3.63, 3.8) is 0 Å². The summed E-state index contributed by atoms with van der Waals surface area (Å²) in [4.78, 5) is 25.5. The molecular weight excluding hydrogens is 493 g/mol. The summed E-state index contributed by atoms with van der Waals surface area (Å²) in [5.74, 6) is -0.0403. The standard InChI is InChI=1S/C25H21Cl2N3OS2/c26-19-12-7-13-20(27)18(19)14-22-23(31)30(17-10-5-2-6-11-17)25(33-22)29-24-28-21(15-32-24)16-8-3-1-4-9-16/h1,3-4,7-9,12-15,17H,2,5-6,10-11H2/b22-14-,29-25+. The first-order valence-corrected chi connectivity index (χ1v) is 13.3. The molecule has 0 atom stereocenters. The van der Waals surface area contributed by atoms with E-state index in [0.717, 1.165) is 36.9 Å². The first-order valence-electron chi connectivity index (χ1n) is 10.9. The van der Waals surface area contributed by atoms with Gasteiger partial charge in [0.1, 0.15) is 0 Å². The van der Waals surface area contributed by atoms with Crippen molar-refractivity contribution < 1.29 is 4.79 Å². The van der Waals surface area contributed by atoms with E-state index < -0.39 is 0 Å². The monoisotopic (exact) mass is 513 g/mol. The third kappa shape index (κ3) is 4.90. The second-order valence-electron chi connectivity index (χ2n) is 7.99. The van der Waals surface area contributed by atoms with E-state index in [2.05, 4.69) is 0 Å². The average Bonchev–Trinajstić information content (AvgIpc) is 3.42. The Balaban J connectivity index is 1.51. The predicted molar refractivity (Wildman–Crippen MR) is 140 cm³/mol. The fourth-order valence-corrected chi connectivity index (χ4v) is 6.43. The Kier molecular flexibility index (Phi) is 6.88. The summed E-state index contributed by atoms with van der Waals surface area (Å²) in [6, 6.07) is 15.5. The van der Waals surface area contributed by atoms with Crippen molar-refractivity contribution in [2.24, 2.45) is 4.99 Å². The van der Waals surface area contributed by atoms with E-state index >= 15 is 0 Å². The van der Waals surface area contributed by atoms with E-state index in [1.165, 1.54) is 29.5 Å². The van der Waals surface area contributed by atoms with Crippen molar-refractivity contribution in [3.05, 3.63) is 74.4 Å². The van der Waals surface area contributed by atoms with Gasteiger partial charge in [-0.2, -0.15) is 4.99 Å². The number of carbonyl (C=O) groups excluding carboxylic acids is 1. The summed E-state index contributed by atoms with van der Waals surface area (Å²) in [6.07, 6.45) is 7.21. The zero-order valence-corrected chi connectivity index (χ0v) is 20.9. The van der Waals surface area contributed by atoms with E-state index in [1.807, 2.05) is 40.6 Å². The molecule has 2 fully saturated rings. The number of rotatable bonds is 4. The molecule has 5 rings (SSSR count). The van der Waals surface area contributed by atoms with Crippen molar-refractivity contribution in [2.45, 2.75) is 38.1 Å². The molecule has 4 nitrogen and oxygen atoms in total. The molecule has 1 aromatic heterocycles. The van der Waals surface area contributed by atoms with Gasteiger partial charge < -0.3 is 0 Å². The molecule has 0 N–H and O–H groups in total. The molecule has 168 valence electrons. The third-order valence-corrected chi connectivity index (χ3v) is 8.18. The van der Waals surface area contributed by atoms with Crippen molar-refractivity contribution in [2.75, 3.05) is 0 Å². The van der Waals surface area contributed by atoms with E-state index in [1.54, 1.807) is 24.3 Å². The van der Waals surface area contributed by atoms with Gasteiger partial charge in [-0.05, 0) is 42.8 Å². The molecule has 0 spiro atoms. The molecular formula is C25H21Cl2N3OS2. The van der Waals surface area contributed by atoms with Gasteiger partial charge in [0.05, 0.1) is 10.6 Å². The number of benzene rings is 2. The number of thiazole rings is 1. The van der Waals surface area contributed by atoms with Crippen LogP contribution in [0.1, 0.15) is 37.7 Å². The number of nitrogens with zero attached hydrogens (tertiary/aromatic N) is 3. The highest BCUT2D eigenvalue weighted by atomic mass is 35.5. The summed E-state index contributed by atoms with van der Waals surface area (Å²) < 4.78 is 0. The van der Waals surface area contributed by atoms with Gasteiger partial charge in [0.2, 0.25) is 5.13 Å². The van der Waals surface area contributed by atoms with Crippen molar-refractivity contribution in [1.29, 1.82) is 0 Å². The van der Waals surface area contributed by atoms with Crippen LogP contribution >= 0.6 is 46.3 Å². The fraction of sp³-hybridized carbons (Fsp3) is 0.240. The molecule has 1 aliphatic carbocycles. The molecule has 2 aliphatic rings. The molecule has 0 radical (unpaired) electrons. The Morgan fingerprint density at radius 1 is 1.00 bits per heavy atom. The maximum Gasteiger partial charge on any atom is 0.267 e. The predicted octanol–water partition coefficient (Wildman–Crippen LogP) is 8.05.